The van der Waals surface area contributed by atoms with Gasteiger partial charge in [0.25, 0.3) is 0 Å². The first-order valence-electron chi connectivity index (χ1n) is 4.15. The molecule has 13 heavy (non-hydrogen) atoms. The zero-order chi connectivity index (χ0) is 9.90. The van der Waals surface area contributed by atoms with Gasteiger partial charge in [-0.25, -0.2) is 4.79 Å². The van der Waals surface area contributed by atoms with Crippen molar-refractivity contribution in [2.45, 2.75) is 24.9 Å². The molecule has 0 amide bonds. The number of carbonyl (C=O) groups excluding carboxylic acids is 1. The molecule has 0 N–H and O–H groups in total. The molecule has 1 heterocycles. The predicted octanol–water partition coefficient (Wildman–Crippen LogP) is 1.58. The topological polar surface area (TPSA) is 35.5 Å². The van der Waals surface area contributed by atoms with E-state index >= 15 is 0 Å². The molecule has 1 atom stereocenters. The number of hydrogen-bond donors (Lipinski definition) is 0. The Balaban J connectivity index is 2.55. The van der Waals surface area contributed by atoms with E-state index in [1.807, 2.05) is 13.8 Å². The Morgan fingerprint density at radius 2 is 2.46 bits per heavy atom. The lowest BCUT2D eigenvalue weighted by atomic mass is 10.2. The van der Waals surface area contributed by atoms with Crippen molar-refractivity contribution in [1.29, 1.82) is 0 Å². The van der Waals surface area contributed by atoms with E-state index in [2.05, 4.69) is 6.58 Å². The standard InChI is InChI=1S/C9H14O3S/c1-4-7(10)12-8-9(2,3)13-6-5-11-8/h4,8H,1,5-6H2,2-3H3. The summed E-state index contributed by atoms with van der Waals surface area (Å²) in [7, 11) is 0. The smallest absolute Gasteiger partial charge is 0.332 e. The fraction of sp³-hybridized carbons (Fsp3) is 0.667. The van der Waals surface area contributed by atoms with Crippen LogP contribution in [0.3, 0.4) is 0 Å². The Bertz CT molecular complexity index is 213. The van der Waals surface area contributed by atoms with Crippen LogP contribution < -0.4 is 0 Å². The van der Waals surface area contributed by atoms with E-state index in [1.54, 1.807) is 11.8 Å². The van der Waals surface area contributed by atoms with Crippen molar-refractivity contribution in [2.24, 2.45) is 0 Å². The van der Waals surface area contributed by atoms with Crippen LogP contribution in [-0.4, -0.2) is 29.4 Å². The summed E-state index contributed by atoms with van der Waals surface area (Å²) in [4.78, 5) is 10.9. The van der Waals surface area contributed by atoms with Gasteiger partial charge in [-0.05, 0) is 13.8 Å². The fourth-order valence-electron chi connectivity index (χ4n) is 1.06. The number of carbonyl (C=O) groups is 1. The fourth-order valence-corrected chi connectivity index (χ4v) is 2.02. The van der Waals surface area contributed by atoms with Crippen LogP contribution in [0.4, 0.5) is 0 Å². The van der Waals surface area contributed by atoms with Crippen LogP contribution in [0.5, 0.6) is 0 Å². The molecule has 1 aliphatic heterocycles. The van der Waals surface area contributed by atoms with E-state index in [4.69, 9.17) is 9.47 Å². The van der Waals surface area contributed by atoms with E-state index in [0.29, 0.717) is 6.61 Å². The molecular weight excluding hydrogens is 188 g/mol. The number of ether oxygens (including phenoxy) is 2. The molecule has 1 rings (SSSR count). The van der Waals surface area contributed by atoms with Gasteiger partial charge >= 0.3 is 5.97 Å². The van der Waals surface area contributed by atoms with E-state index in [9.17, 15) is 4.79 Å². The number of hydrogen-bond acceptors (Lipinski definition) is 4. The third-order valence-electron chi connectivity index (χ3n) is 1.78. The lowest BCUT2D eigenvalue weighted by molar-refractivity contribution is -0.179. The van der Waals surface area contributed by atoms with Gasteiger partial charge in [0.1, 0.15) is 0 Å². The summed E-state index contributed by atoms with van der Waals surface area (Å²) >= 11 is 1.74. The van der Waals surface area contributed by atoms with Crippen molar-refractivity contribution in [3.63, 3.8) is 0 Å². The molecule has 0 aromatic rings. The normalized spacial score (nSPS) is 26.5. The zero-order valence-electron chi connectivity index (χ0n) is 7.91. The summed E-state index contributed by atoms with van der Waals surface area (Å²) in [6, 6.07) is 0. The van der Waals surface area contributed by atoms with Crippen LogP contribution in [0.1, 0.15) is 13.8 Å². The summed E-state index contributed by atoms with van der Waals surface area (Å²) in [5.41, 5.74) is 0. The third-order valence-corrected chi connectivity index (χ3v) is 3.09. The van der Waals surface area contributed by atoms with Crippen molar-refractivity contribution in [3.05, 3.63) is 12.7 Å². The van der Waals surface area contributed by atoms with Crippen molar-refractivity contribution >= 4 is 17.7 Å². The quantitative estimate of drug-likeness (QED) is 0.503. The average Bonchev–Trinajstić information content (AvgIpc) is 2.08. The van der Waals surface area contributed by atoms with Gasteiger partial charge in [0, 0.05) is 11.8 Å². The molecule has 1 fully saturated rings. The number of rotatable bonds is 2. The molecule has 0 bridgehead atoms. The summed E-state index contributed by atoms with van der Waals surface area (Å²) < 4.78 is 10.2. The van der Waals surface area contributed by atoms with Crippen molar-refractivity contribution in [1.82, 2.24) is 0 Å². The third kappa shape index (κ3) is 2.74. The van der Waals surface area contributed by atoms with Gasteiger partial charge in [0.15, 0.2) is 0 Å². The number of esters is 1. The first-order valence-corrected chi connectivity index (χ1v) is 5.13. The Labute approximate surface area is 82.5 Å². The lowest BCUT2D eigenvalue weighted by Gasteiger charge is -2.36. The van der Waals surface area contributed by atoms with Gasteiger partial charge < -0.3 is 9.47 Å². The summed E-state index contributed by atoms with van der Waals surface area (Å²) in [6.07, 6.45) is 0.690. The van der Waals surface area contributed by atoms with Crippen molar-refractivity contribution < 1.29 is 14.3 Å². The zero-order valence-corrected chi connectivity index (χ0v) is 8.73. The Kier molecular flexibility index (Phi) is 3.39. The molecule has 1 saturated heterocycles. The van der Waals surface area contributed by atoms with E-state index in [0.717, 1.165) is 11.8 Å². The summed E-state index contributed by atoms with van der Waals surface area (Å²) in [6.45, 7) is 7.96. The van der Waals surface area contributed by atoms with E-state index < -0.39 is 12.3 Å². The molecule has 0 aliphatic carbocycles. The SMILES string of the molecule is C=CC(=O)OC1OCCSC1(C)C. The number of thioether (sulfide) groups is 1. The molecule has 0 spiro atoms. The second kappa shape index (κ2) is 4.15. The first kappa shape index (κ1) is 10.6. The van der Waals surface area contributed by atoms with Crippen molar-refractivity contribution in [3.8, 4) is 0 Å². The monoisotopic (exact) mass is 202 g/mol. The molecule has 0 saturated carbocycles. The molecule has 1 aliphatic rings. The van der Waals surface area contributed by atoms with Gasteiger partial charge in [-0.3, -0.25) is 0 Å². The minimum atomic E-state index is -0.461. The minimum Gasteiger partial charge on any atom is -0.431 e. The highest BCUT2D eigenvalue weighted by Gasteiger charge is 2.36. The summed E-state index contributed by atoms with van der Waals surface area (Å²) in [5, 5.41) is 0. The lowest BCUT2D eigenvalue weighted by Crippen LogP contribution is -2.43. The maximum absolute atomic E-state index is 10.9. The molecular formula is C9H14O3S. The van der Waals surface area contributed by atoms with Gasteiger partial charge in [0.05, 0.1) is 11.4 Å². The maximum Gasteiger partial charge on any atom is 0.332 e. The highest BCUT2D eigenvalue weighted by Crippen LogP contribution is 2.34. The highest BCUT2D eigenvalue weighted by atomic mass is 32.2. The molecule has 1 unspecified atom stereocenters. The van der Waals surface area contributed by atoms with Gasteiger partial charge in [-0.15, -0.1) is 11.8 Å². The van der Waals surface area contributed by atoms with Crippen LogP contribution in [0, 0.1) is 0 Å². The molecule has 4 heteroatoms. The Hall–Kier alpha value is -0.480. The largest absolute Gasteiger partial charge is 0.431 e. The molecule has 0 radical (unpaired) electrons. The van der Waals surface area contributed by atoms with Crippen LogP contribution >= 0.6 is 11.8 Å². The Morgan fingerprint density at radius 3 is 3.00 bits per heavy atom. The predicted molar refractivity (Wildman–Crippen MR) is 52.6 cm³/mol. The second-order valence-corrected chi connectivity index (χ2v) is 5.04. The molecule has 0 aromatic carbocycles. The van der Waals surface area contributed by atoms with Gasteiger partial charge in [0.2, 0.25) is 6.29 Å². The Morgan fingerprint density at radius 1 is 1.77 bits per heavy atom. The van der Waals surface area contributed by atoms with Gasteiger partial charge in [-0.1, -0.05) is 6.58 Å². The maximum atomic E-state index is 10.9. The molecule has 74 valence electrons. The van der Waals surface area contributed by atoms with E-state index in [1.165, 1.54) is 0 Å². The van der Waals surface area contributed by atoms with Crippen molar-refractivity contribution in [2.75, 3.05) is 12.4 Å². The van der Waals surface area contributed by atoms with Crippen LogP contribution in [0.25, 0.3) is 0 Å². The van der Waals surface area contributed by atoms with E-state index in [-0.39, 0.29) is 4.75 Å². The van der Waals surface area contributed by atoms with Crippen LogP contribution in [-0.2, 0) is 14.3 Å². The minimum absolute atomic E-state index is 0.170. The highest BCUT2D eigenvalue weighted by molar-refractivity contribution is 8.00. The summed E-state index contributed by atoms with van der Waals surface area (Å²) in [5.74, 6) is 0.510. The van der Waals surface area contributed by atoms with Crippen LogP contribution in [0.15, 0.2) is 12.7 Å². The molecule has 0 aromatic heterocycles. The molecule has 3 nitrogen and oxygen atoms in total. The van der Waals surface area contributed by atoms with Gasteiger partial charge in [-0.2, -0.15) is 0 Å². The average molecular weight is 202 g/mol. The van der Waals surface area contributed by atoms with Crippen LogP contribution in [0.2, 0.25) is 0 Å². The first-order chi connectivity index (χ1) is 6.06. The second-order valence-electron chi connectivity index (χ2n) is 3.30.